The normalized spacial score (nSPS) is 22.1. The van der Waals surface area contributed by atoms with Crippen molar-refractivity contribution in [2.75, 3.05) is 0 Å². The fraction of sp³-hybridized carbons (Fsp3) is 0.667. The molecule has 1 amide bonds. The molecule has 114 valence electrons. The zero-order valence-corrected chi connectivity index (χ0v) is 12.9. The van der Waals surface area contributed by atoms with E-state index in [2.05, 4.69) is 42.2 Å². The summed E-state index contributed by atoms with van der Waals surface area (Å²) >= 11 is 0. The largest absolute Gasteiger partial charge is 0.349 e. The Morgan fingerprint density at radius 2 is 2.33 bits per heavy atom. The second kappa shape index (κ2) is 6.17. The summed E-state index contributed by atoms with van der Waals surface area (Å²) in [6.45, 7) is 6.90. The summed E-state index contributed by atoms with van der Waals surface area (Å²) in [4.78, 5) is 20.8. The van der Waals surface area contributed by atoms with Gasteiger partial charge < -0.3 is 10.3 Å². The number of nitrogens with zero attached hydrogens (tertiary/aromatic N) is 3. The van der Waals surface area contributed by atoms with Crippen LogP contribution in [0, 0.1) is 16.9 Å². The van der Waals surface area contributed by atoms with Gasteiger partial charge in [-0.2, -0.15) is 5.26 Å². The van der Waals surface area contributed by atoms with Gasteiger partial charge in [-0.05, 0) is 24.7 Å². The second-order valence-corrected chi connectivity index (χ2v) is 6.81. The molecule has 2 unspecified atom stereocenters. The van der Waals surface area contributed by atoms with Gasteiger partial charge in [0, 0.05) is 12.2 Å². The zero-order valence-electron chi connectivity index (χ0n) is 12.9. The minimum absolute atomic E-state index is 0.0810. The Kier molecular flexibility index (Phi) is 4.51. The molecule has 0 radical (unpaired) electrons. The third-order valence-corrected chi connectivity index (χ3v) is 3.78. The molecule has 0 aromatic carbocycles. The number of hydrogen-bond acceptors (Lipinski definition) is 4. The number of aromatic amines is 1. The van der Waals surface area contributed by atoms with E-state index >= 15 is 0 Å². The number of carbonyl (C=O) groups excluding carboxylic acids is 1. The van der Waals surface area contributed by atoms with Gasteiger partial charge in [-0.25, -0.2) is 4.98 Å². The molecule has 2 heterocycles. The van der Waals surface area contributed by atoms with Crippen molar-refractivity contribution in [3.8, 4) is 6.19 Å². The van der Waals surface area contributed by atoms with Crippen LogP contribution in [0.4, 0.5) is 0 Å². The number of rotatable bonds is 4. The molecule has 1 aromatic heterocycles. The number of likely N-dealkylation sites (tertiary alicyclic amines) is 1. The van der Waals surface area contributed by atoms with Crippen LogP contribution in [0.1, 0.15) is 45.7 Å². The smallest absolute Gasteiger partial charge is 0.243 e. The summed E-state index contributed by atoms with van der Waals surface area (Å²) in [7, 11) is 0. The quantitative estimate of drug-likeness (QED) is 0.827. The van der Waals surface area contributed by atoms with Crippen LogP contribution in [-0.2, 0) is 11.3 Å². The van der Waals surface area contributed by atoms with E-state index in [4.69, 9.17) is 0 Å². The Morgan fingerprint density at radius 3 is 2.90 bits per heavy atom. The minimum atomic E-state index is -0.342. The lowest BCUT2D eigenvalue weighted by atomic mass is 9.87. The van der Waals surface area contributed by atoms with Crippen LogP contribution in [0.25, 0.3) is 0 Å². The molecule has 2 atom stereocenters. The topological polar surface area (TPSA) is 84.8 Å². The predicted molar refractivity (Wildman–Crippen MR) is 78.8 cm³/mol. The van der Waals surface area contributed by atoms with Gasteiger partial charge in [0.05, 0.1) is 18.6 Å². The summed E-state index contributed by atoms with van der Waals surface area (Å²) in [5, 5.41) is 12.3. The molecule has 0 aliphatic carbocycles. The maximum Gasteiger partial charge on any atom is 0.243 e. The first-order chi connectivity index (χ1) is 9.90. The molecule has 0 bridgehead atoms. The average Bonchev–Trinajstić information content (AvgIpc) is 3.03. The van der Waals surface area contributed by atoms with Crippen molar-refractivity contribution in [1.29, 1.82) is 5.26 Å². The van der Waals surface area contributed by atoms with E-state index in [1.54, 1.807) is 17.4 Å². The first-order valence-corrected chi connectivity index (χ1v) is 7.34. The van der Waals surface area contributed by atoms with Crippen molar-refractivity contribution in [3.05, 3.63) is 18.2 Å². The number of H-pyrrole nitrogens is 1. The molecule has 0 spiro atoms. The van der Waals surface area contributed by atoms with Crippen molar-refractivity contribution in [2.45, 2.75) is 58.7 Å². The maximum absolute atomic E-state index is 12.3. The standard InChI is InChI=1S/C15H23N5O/c1-15(2,3)6-12-4-5-13(20(12)9-16)14(21)18-8-11-7-17-10-19-11/h7,10,12-13H,4-6,8H2,1-3H3,(H,17,19)(H,18,21). The molecule has 1 fully saturated rings. The highest BCUT2D eigenvalue weighted by Gasteiger charge is 2.38. The van der Waals surface area contributed by atoms with E-state index < -0.39 is 0 Å². The zero-order chi connectivity index (χ0) is 15.5. The van der Waals surface area contributed by atoms with Crippen molar-refractivity contribution in [3.63, 3.8) is 0 Å². The Bertz CT molecular complexity index is 511. The summed E-state index contributed by atoms with van der Waals surface area (Å²) in [6.07, 6.45) is 8.03. The molecule has 6 nitrogen and oxygen atoms in total. The van der Waals surface area contributed by atoms with Gasteiger partial charge in [-0.15, -0.1) is 0 Å². The predicted octanol–water partition coefficient (Wildman–Crippen LogP) is 1.78. The Morgan fingerprint density at radius 1 is 1.57 bits per heavy atom. The summed E-state index contributed by atoms with van der Waals surface area (Å²) < 4.78 is 0. The summed E-state index contributed by atoms with van der Waals surface area (Å²) in [6, 6.07) is -0.178. The molecule has 1 aromatic rings. The van der Waals surface area contributed by atoms with E-state index in [9.17, 15) is 10.1 Å². The van der Waals surface area contributed by atoms with Crippen molar-refractivity contribution >= 4 is 5.91 Å². The number of nitrogens with one attached hydrogen (secondary N) is 2. The highest BCUT2D eigenvalue weighted by molar-refractivity contribution is 5.82. The fourth-order valence-electron chi connectivity index (χ4n) is 2.88. The van der Waals surface area contributed by atoms with Gasteiger partial charge >= 0.3 is 0 Å². The van der Waals surface area contributed by atoms with E-state index in [0.717, 1.165) is 25.0 Å². The van der Waals surface area contributed by atoms with E-state index in [0.29, 0.717) is 6.54 Å². The lowest BCUT2D eigenvalue weighted by Crippen LogP contribution is -2.44. The van der Waals surface area contributed by atoms with Crippen LogP contribution in [0.2, 0.25) is 0 Å². The molecule has 1 aliphatic heterocycles. The highest BCUT2D eigenvalue weighted by Crippen LogP contribution is 2.32. The second-order valence-electron chi connectivity index (χ2n) is 6.81. The van der Waals surface area contributed by atoms with Crippen LogP contribution >= 0.6 is 0 Å². The van der Waals surface area contributed by atoms with Crippen molar-refractivity contribution < 1.29 is 4.79 Å². The number of imidazole rings is 1. The lowest BCUT2D eigenvalue weighted by molar-refractivity contribution is -0.125. The van der Waals surface area contributed by atoms with Gasteiger partial charge in [0.1, 0.15) is 6.04 Å². The Hall–Kier alpha value is -2.03. The molecule has 1 aliphatic rings. The minimum Gasteiger partial charge on any atom is -0.349 e. The monoisotopic (exact) mass is 289 g/mol. The van der Waals surface area contributed by atoms with Gasteiger partial charge in [-0.1, -0.05) is 20.8 Å². The first kappa shape index (κ1) is 15.4. The summed E-state index contributed by atoms with van der Waals surface area (Å²) in [5.74, 6) is -0.0810. The number of amides is 1. The molecular weight excluding hydrogens is 266 g/mol. The fourth-order valence-corrected chi connectivity index (χ4v) is 2.88. The Balaban J connectivity index is 1.93. The van der Waals surface area contributed by atoms with Gasteiger partial charge in [-0.3, -0.25) is 9.69 Å². The third-order valence-electron chi connectivity index (χ3n) is 3.78. The number of nitriles is 1. The molecule has 1 saturated heterocycles. The average molecular weight is 289 g/mol. The van der Waals surface area contributed by atoms with E-state index in [-0.39, 0.29) is 23.4 Å². The van der Waals surface area contributed by atoms with Gasteiger partial charge in [0.25, 0.3) is 0 Å². The molecular formula is C15H23N5O. The van der Waals surface area contributed by atoms with Crippen molar-refractivity contribution in [2.24, 2.45) is 5.41 Å². The number of hydrogen-bond donors (Lipinski definition) is 2. The van der Waals surface area contributed by atoms with Crippen molar-refractivity contribution in [1.82, 2.24) is 20.2 Å². The van der Waals surface area contributed by atoms with Crippen LogP contribution < -0.4 is 5.32 Å². The third kappa shape index (κ3) is 3.97. The van der Waals surface area contributed by atoms with E-state index in [1.807, 2.05) is 0 Å². The van der Waals surface area contributed by atoms with Crippen LogP contribution in [-0.4, -0.2) is 32.9 Å². The van der Waals surface area contributed by atoms with Crippen LogP contribution in [0.5, 0.6) is 0 Å². The van der Waals surface area contributed by atoms with Crippen LogP contribution in [0.15, 0.2) is 12.5 Å². The molecule has 2 N–H and O–H groups in total. The maximum atomic E-state index is 12.3. The summed E-state index contributed by atoms with van der Waals surface area (Å²) in [5.41, 5.74) is 1.01. The first-order valence-electron chi connectivity index (χ1n) is 7.34. The molecule has 0 saturated carbocycles. The van der Waals surface area contributed by atoms with Gasteiger partial charge in [0.2, 0.25) is 5.91 Å². The molecule has 21 heavy (non-hydrogen) atoms. The number of carbonyl (C=O) groups is 1. The lowest BCUT2D eigenvalue weighted by Gasteiger charge is -2.29. The molecule has 6 heteroatoms. The van der Waals surface area contributed by atoms with Gasteiger partial charge in [0.15, 0.2) is 6.19 Å². The SMILES string of the molecule is CC(C)(C)CC1CCC(C(=O)NCc2cnc[nH]2)N1C#N. The molecule has 2 rings (SSSR count). The highest BCUT2D eigenvalue weighted by atomic mass is 16.2. The van der Waals surface area contributed by atoms with E-state index in [1.165, 1.54) is 0 Å². The van der Waals surface area contributed by atoms with Crippen LogP contribution in [0.3, 0.4) is 0 Å². The number of aromatic nitrogens is 2. The Labute approximate surface area is 125 Å².